The zero-order chi connectivity index (χ0) is 8.81. The zero-order valence-corrected chi connectivity index (χ0v) is 7.10. The molecule has 0 saturated heterocycles. The van der Waals surface area contributed by atoms with Crippen LogP contribution < -0.4 is 10.6 Å². The second-order valence-corrected chi connectivity index (χ2v) is 2.96. The molecule has 3 heteroatoms. The van der Waals surface area contributed by atoms with Gasteiger partial charge in [0, 0.05) is 19.0 Å². The molecule has 1 saturated carbocycles. The van der Waals surface area contributed by atoms with Crippen LogP contribution in [-0.4, -0.2) is 25.0 Å². The first-order chi connectivity index (χ1) is 5.83. The fourth-order valence-corrected chi connectivity index (χ4v) is 0.861. The Balaban J connectivity index is 1.92. The van der Waals surface area contributed by atoms with Gasteiger partial charge in [-0.2, -0.15) is 0 Å². The van der Waals surface area contributed by atoms with Gasteiger partial charge in [0.25, 0.3) is 0 Å². The summed E-state index contributed by atoms with van der Waals surface area (Å²) in [6.45, 7) is 1.01. The predicted octanol–water partition coefficient (Wildman–Crippen LogP) is -0.122. The van der Waals surface area contributed by atoms with Gasteiger partial charge in [0.2, 0.25) is 5.91 Å². The Labute approximate surface area is 72.9 Å². The number of carbonyl (C=O) groups excluding carboxylic acids is 1. The number of hydrogen-bond donors (Lipinski definition) is 2. The van der Waals surface area contributed by atoms with Crippen molar-refractivity contribution in [1.82, 2.24) is 10.6 Å². The number of hydrogen-bond acceptors (Lipinski definition) is 2. The predicted molar refractivity (Wildman–Crippen MR) is 47.5 cm³/mol. The average Bonchev–Trinajstić information content (AvgIpc) is 2.84. The molecule has 0 aromatic carbocycles. The van der Waals surface area contributed by atoms with Gasteiger partial charge in [-0.15, -0.1) is 12.3 Å². The number of nitrogens with one attached hydrogen (secondary N) is 2. The van der Waals surface area contributed by atoms with Crippen LogP contribution in [0.4, 0.5) is 0 Å². The van der Waals surface area contributed by atoms with Crippen molar-refractivity contribution in [3.63, 3.8) is 0 Å². The molecule has 1 fully saturated rings. The summed E-state index contributed by atoms with van der Waals surface area (Å²) in [5.41, 5.74) is 0. The molecule has 1 aliphatic carbocycles. The summed E-state index contributed by atoms with van der Waals surface area (Å²) in [6, 6.07) is 0.586. The van der Waals surface area contributed by atoms with Crippen LogP contribution in [0.15, 0.2) is 0 Å². The van der Waals surface area contributed by atoms with Gasteiger partial charge in [0.1, 0.15) is 0 Å². The first-order valence-corrected chi connectivity index (χ1v) is 4.26. The van der Waals surface area contributed by atoms with Gasteiger partial charge in [-0.1, -0.05) is 0 Å². The number of amides is 1. The molecule has 3 nitrogen and oxygen atoms in total. The van der Waals surface area contributed by atoms with Crippen LogP contribution in [-0.2, 0) is 4.79 Å². The van der Waals surface area contributed by atoms with Crippen molar-refractivity contribution in [3.8, 4) is 12.3 Å². The third-order valence-electron chi connectivity index (χ3n) is 1.72. The van der Waals surface area contributed by atoms with E-state index in [4.69, 9.17) is 6.42 Å². The van der Waals surface area contributed by atoms with Crippen molar-refractivity contribution in [2.45, 2.75) is 25.3 Å². The quantitative estimate of drug-likeness (QED) is 0.441. The Hall–Kier alpha value is -1.01. The maximum absolute atomic E-state index is 11.0. The Bertz CT molecular complexity index is 191. The van der Waals surface area contributed by atoms with Crippen LogP contribution >= 0.6 is 0 Å². The van der Waals surface area contributed by atoms with Gasteiger partial charge >= 0.3 is 0 Å². The van der Waals surface area contributed by atoms with Crippen LogP contribution in [0.5, 0.6) is 0 Å². The maximum Gasteiger partial charge on any atom is 0.233 e. The lowest BCUT2D eigenvalue weighted by Crippen LogP contribution is -2.35. The SMILES string of the molecule is C#CCCNC(=O)CNC1CC1. The van der Waals surface area contributed by atoms with E-state index < -0.39 is 0 Å². The van der Waals surface area contributed by atoms with E-state index in [0.717, 1.165) is 0 Å². The molecule has 12 heavy (non-hydrogen) atoms. The van der Waals surface area contributed by atoms with Crippen LogP contribution in [0, 0.1) is 12.3 Å². The molecule has 1 aliphatic rings. The summed E-state index contributed by atoms with van der Waals surface area (Å²) in [5, 5.41) is 5.84. The minimum atomic E-state index is 0.0390. The second kappa shape index (κ2) is 4.78. The fourth-order valence-electron chi connectivity index (χ4n) is 0.861. The summed E-state index contributed by atoms with van der Waals surface area (Å²) in [4.78, 5) is 11.0. The lowest BCUT2D eigenvalue weighted by atomic mass is 10.4. The normalized spacial score (nSPS) is 15.2. The second-order valence-electron chi connectivity index (χ2n) is 2.96. The highest BCUT2D eigenvalue weighted by Gasteiger charge is 2.20. The zero-order valence-electron chi connectivity index (χ0n) is 7.10. The minimum Gasteiger partial charge on any atom is -0.354 e. The van der Waals surface area contributed by atoms with Crippen molar-refractivity contribution < 1.29 is 4.79 Å². The highest BCUT2D eigenvalue weighted by atomic mass is 16.1. The molecule has 0 aromatic rings. The Kier molecular flexibility index (Phi) is 3.62. The molecule has 0 heterocycles. The van der Waals surface area contributed by atoms with Gasteiger partial charge < -0.3 is 10.6 Å². The third-order valence-corrected chi connectivity index (χ3v) is 1.72. The minimum absolute atomic E-state index is 0.0390. The van der Waals surface area contributed by atoms with Gasteiger partial charge in [0.15, 0.2) is 0 Å². The summed E-state index contributed by atoms with van der Waals surface area (Å²) in [6.07, 6.45) is 8.05. The Morgan fingerprint density at radius 2 is 2.33 bits per heavy atom. The largest absolute Gasteiger partial charge is 0.354 e. The molecule has 0 radical (unpaired) electrons. The van der Waals surface area contributed by atoms with Crippen LogP contribution in [0.3, 0.4) is 0 Å². The molecule has 1 rings (SSSR count). The fraction of sp³-hybridized carbons (Fsp3) is 0.667. The van der Waals surface area contributed by atoms with E-state index in [1.54, 1.807) is 0 Å². The molecule has 0 bridgehead atoms. The molecule has 1 amide bonds. The van der Waals surface area contributed by atoms with E-state index >= 15 is 0 Å². The molecule has 0 aliphatic heterocycles. The molecule has 0 spiro atoms. The molecule has 0 atom stereocenters. The molecule has 0 unspecified atom stereocenters. The van der Waals surface area contributed by atoms with Crippen molar-refractivity contribution >= 4 is 5.91 Å². The monoisotopic (exact) mass is 166 g/mol. The summed E-state index contributed by atoms with van der Waals surface area (Å²) >= 11 is 0. The highest BCUT2D eigenvalue weighted by Crippen LogP contribution is 2.17. The molecule has 66 valence electrons. The topological polar surface area (TPSA) is 41.1 Å². The van der Waals surface area contributed by atoms with E-state index in [0.29, 0.717) is 25.6 Å². The molecular weight excluding hydrogens is 152 g/mol. The Morgan fingerprint density at radius 3 is 2.92 bits per heavy atom. The number of rotatable bonds is 5. The van der Waals surface area contributed by atoms with Crippen molar-refractivity contribution in [2.75, 3.05) is 13.1 Å². The van der Waals surface area contributed by atoms with E-state index in [1.165, 1.54) is 12.8 Å². The standard InChI is InChI=1S/C9H14N2O/c1-2-3-6-10-9(12)7-11-8-4-5-8/h1,8,11H,3-7H2,(H,10,12). The van der Waals surface area contributed by atoms with Crippen LogP contribution in [0.1, 0.15) is 19.3 Å². The van der Waals surface area contributed by atoms with Crippen LogP contribution in [0.25, 0.3) is 0 Å². The highest BCUT2D eigenvalue weighted by molar-refractivity contribution is 5.78. The van der Waals surface area contributed by atoms with Gasteiger partial charge in [-0.05, 0) is 12.8 Å². The average molecular weight is 166 g/mol. The molecule has 0 aromatic heterocycles. The van der Waals surface area contributed by atoms with Crippen molar-refractivity contribution in [2.24, 2.45) is 0 Å². The third kappa shape index (κ3) is 3.99. The van der Waals surface area contributed by atoms with E-state index in [1.807, 2.05) is 0 Å². The van der Waals surface area contributed by atoms with Crippen LogP contribution in [0.2, 0.25) is 0 Å². The Morgan fingerprint density at radius 1 is 1.58 bits per heavy atom. The van der Waals surface area contributed by atoms with Crippen molar-refractivity contribution in [1.29, 1.82) is 0 Å². The van der Waals surface area contributed by atoms with E-state index in [-0.39, 0.29) is 5.91 Å². The number of terminal acetylenes is 1. The van der Waals surface area contributed by atoms with Gasteiger partial charge in [0.05, 0.1) is 6.54 Å². The lowest BCUT2D eigenvalue weighted by Gasteiger charge is -2.03. The smallest absolute Gasteiger partial charge is 0.233 e. The van der Waals surface area contributed by atoms with Gasteiger partial charge in [-0.3, -0.25) is 4.79 Å². The molecule has 2 N–H and O–H groups in total. The molecular formula is C9H14N2O. The van der Waals surface area contributed by atoms with Gasteiger partial charge in [-0.25, -0.2) is 0 Å². The number of carbonyl (C=O) groups is 1. The summed E-state index contributed by atoms with van der Waals surface area (Å²) in [5.74, 6) is 2.50. The summed E-state index contributed by atoms with van der Waals surface area (Å²) in [7, 11) is 0. The van der Waals surface area contributed by atoms with Crippen molar-refractivity contribution in [3.05, 3.63) is 0 Å². The van der Waals surface area contributed by atoms with E-state index in [2.05, 4.69) is 16.6 Å². The maximum atomic E-state index is 11.0. The lowest BCUT2D eigenvalue weighted by molar-refractivity contribution is -0.120. The first kappa shape index (κ1) is 9.08. The summed E-state index contributed by atoms with van der Waals surface area (Å²) < 4.78 is 0. The van der Waals surface area contributed by atoms with E-state index in [9.17, 15) is 4.79 Å². The first-order valence-electron chi connectivity index (χ1n) is 4.26.